The number of aromatic nitrogens is 4. The number of aryl methyl sites for hydroxylation is 1. The van der Waals surface area contributed by atoms with Gasteiger partial charge in [-0.15, -0.1) is 11.3 Å². The van der Waals surface area contributed by atoms with Crippen molar-refractivity contribution in [3.8, 4) is 11.1 Å². The maximum absolute atomic E-state index is 15.9. The van der Waals surface area contributed by atoms with Gasteiger partial charge in [0.05, 0.1) is 18.6 Å². The number of hydrogen-bond acceptors (Lipinski definition) is 10. The minimum atomic E-state index is -1.04. The molecule has 3 atom stereocenters. The monoisotopic (exact) mass is 772 g/mol. The van der Waals surface area contributed by atoms with Crippen LogP contribution in [0.3, 0.4) is 0 Å². The first kappa shape index (κ1) is 34.5. The fourth-order valence-corrected chi connectivity index (χ4v) is 9.49. The van der Waals surface area contributed by atoms with Crippen LogP contribution in [-0.4, -0.2) is 84.8 Å². The van der Waals surface area contributed by atoms with E-state index in [4.69, 9.17) is 0 Å². The number of hydrogen-bond donors (Lipinski definition) is 2. The smallest absolute Gasteiger partial charge is 0.329 e. The SMILES string of the molecule is O=C1CCN(c2ccc(CN3C[C@@H]4C[C@H]3CN4c3ccc(-c4cc(F)c5c(c4)C(=O)N(C(C(=O)Nc4nccs4)c4ncn6c4CCC6)C5)cc3)cn2)C(=O)N1. The summed E-state index contributed by atoms with van der Waals surface area (Å²) in [6.45, 7) is 3.62. The van der Waals surface area contributed by atoms with Crippen molar-refractivity contribution in [2.45, 2.75) is 63.4 Å². The van der Waals surface area contributed by atoms with Gasteiger partial charge in [0.25, 0.3) is 11.8 Å². The number of carbonyl (C=O) groups excluding carboxylic acids is 4. The number of nitrogens with one attached hydrogen (secondary N) is 2. The highest BCUT2D eigenvalue weighted by atomic mass is 32.1. The van der Waals surface area contributed by atoms with Crippen molar-refractivity contribution in [3.63, 3.8) is 0 Å². The van der Waals surface area contributed by atoms with Gasteiger partial charge in [-0.05, 0) is 66.3 Å². The number of likely N-dealkylation sites (tertiary alicyclic amines) is 1. The zero-order chi connectivity index (χ0) is 38.1. The largest absolute Gasteiger partial charge is 0.366 e. The Bertz CT molecular complexity index is 2380. The van der Waals surface area contributed by atoms with Crippen LogP contribution in [0.4, 0.5) is 25.8 Å². The second-order valence-corrected chi connectivity index (χ2v) is 15.9. The van der Waals surface area contributed by atoms with Gasteiger partial charge in [-0.3, -0.25) is 34.8 Å². The summed E-state index contributed by atoms with van der Waals surface area (Å²) in [7, 11) is 0. The standard InChI is InChI=1S/C40H37FN10O4S/c41-31-15-25(14-29-30(31)21-51(38(29)54)36(37(53)46-39-42-10-13-56-39)35-32-2-1-11-47(32)22-44-35)24-4-6-26(7-5-24)50-20-27-16-28(50)19-48(27)18-23-3-8-33(43-17-23)49-12-9-34(52)45-40(49)55/h3-8,10,13-15,17,22,27-28,36H,1-2,9,11-12,16,18-21H2,(H,42,46,53)(H,45,52,55)/t27-,28-,36?/m0/s1. The van der Waals surface area contributed by atoms with Gasteiger partial charge in [-0.1, -0.05) is 18.2 Å². The minimum absolute atomic E-state index is 0.0433. The molecule has 3 fully saturated rings. The van der Waals surface area contributed by atoms with Gasteiger partial charge in [0, 0.05) is 91.5 Å². The predicted octanol–water partition coefficient (Wildman–Crippen LogP) is 4.73. The average molecular weight is 773 g/mol. The number of nitrogens with zero attached hydrogens (tertiary/aromatic N) is 8. The summed E-state index contributed by atoms with van der Waals surface area (Å²) in [5, 5.41) is 7.36. The van der Waals surface area contributed by atoms with E-state index in [1.165, 1.54) is 27.2 Å². The Balaban J connectivity index is 0.820. The van der Waals surface area contributed by atoms with Crippen LogP contribution >= 0.6 is 11.3 Å². The highest BCUT2D eigenvalue weighted by Crippen LogP contribution is 2.40. The summed E-state index contributed by atoms with van der Waals surface area (Å²) in [5.41, 5.74) is 5.51. The van der Waals surface area contributed by atoms with Crippen LogP contribution in [0, 0.1) is 5.82 Å². The predicted molar refractivity (Wildman–Crippen MR) is 205 cm³/mol. The summed E-state index contributed by atoms with van der Waals surface area (Å²) in [5.74, 6) is -1.07. The third kappa shape index (κ3) is 5.99. The third-order valence-electron chi connectivity index (χ3n) is 11.7. The van der Waals surface area contributed by atoms with Crippen molar-refractivity contribution in [1.29, 1.82) is 0 Å². The molecule has 5 aliphatic heterocycles. The highest BCUT2D eigenvalue weighted by molar-refractivity contribution is 7.13. The highest BCUT2D eigenvalue weighted by Gasteiger charge is 2.44. The number of carbonyl (C=O) groups is 4. The Kier molecular flexibility index (Phi) is 8.40. The molecule has 2 aromatic carbocycles. The van der Waals surface area contributed by atoms with Crippen LogP contribution in [0.5, 0.6) is 0 Å². The number of thiazole rings is 1. The van der Waals surface area contributed by atoms with Gasteiger partial charge in [0.2, 0.25) is 5.91 Å². The van der Waals surface area contributed by atoms with Crippen molar-refractivity contribution in [1.82, 2.24) is 34.6 Å². The fraction of sp³-hybridized carbons (Fsp3) is 0.325. The number of imidazole rings is 1. The summed E-state index contributed by atoms with van der Waals surface area (Å²) >= 11 is 1.28. The van der Waals surface area contributed by atoms with E-state index in [2.05, 4.69) is 47.5 Å². The van der Waals surface area contributed by atoms with Gasteiger partial charge in [-0.25, -0.2) is 24.1 Å². The summed E-state index contributed by atoms with van der Waals surface area (Å²) in [4.78, 5) is 72.7. The molecular formula is C40H37FN10O4S. The van der Waals surface area contributed by atoms with E-state index in [0.29, 0.717) is 40.8 Å². The Morgan fingerprint density at radius 2 is 1.86 bits per heavy atom. The molecule has 16 heteroatoms. The lowest BCUT2D eigenvalue weighted by atomic mass is 9.99. The molecule has 0 aliphatic carbocycles. The van der Waals surface area contributed by atoms with Gasteiger partial charge in [0.1, 0.15) is 11.6 Å². The number of pyridine rings is 1. The molecule has 5 aliphatic rings. The molecule has 1 unspecified atom stereocenters. The van der Waals surface area contributed by atoms with E-state index in [1.54, 1.807) is 30.2 Å². The Morgan fingerprint density at radius 1 is 0.982 bits per heavy atom. The molecular weight excluding hydrogens is 736 g/mol. The van der Waals surface area contributed by atoms with Gasteiger partial charge < -0.3 is 14.4 Å². The van der Waals surface area contributed by atoms with E-state index >= 15 is 4.39 Å². The number of amides is 5. The molecule has 5 aromatic rings. The zero-order valence-corrected chi connectivity index (χ0v) is 31.0. The number of rotatable bonds is 9. The molecule has 10 rings (SSSR count). The molecule has 0 radical (unpaired) electrons. The van der Waals surface area contributed by atoms with Crippen molar-refractivity contribution in [3.05, 3.63) is 107 Å². The van der Waals surface area contributed by atoms with E-state index in [9.17, 15) is 19.2 Å². The lowest BCUT2D eigenvalue weighted by Gasteiger charge is -2.35. The fourth-order valence-electron chi connectivity index (χ4n) is 8.96. The minimum Gasteiger partial charge on any atom is -0.366 e. The number of piperazine rings is 1. The van der Waals surface area contributed by atoms with Crippen molar-refractivity contribution >= 4 is 51.7 Å². The van der Waals surface area contributed by atoms with Crippen LogP contribution in [-0.2, 0) is 35.6 Å². The van der Waals surface area contributed by atoms with Crippen molar-refractivity contribution in [2.75, 3.05) is 34.8 Å². The van der Waals surface area contributed by atoms with Crippen LogP contribution in [0.25, 0.3) is 11.1 Å². The molecule has 3 aromatic heterocycles. The average Bonchev–Trinajstić information content (AvgIpc) is 4.06. The van der Waals surface area contributed by atoms with Crippen LogP contribution in [0.2, 0.25) is 0 Å². The second kappa shape index (κ2) is 13.6. The molecule has 0 spiro atoms. The molecule has 3 saturated heterocycles. The molecule has 14 nitrogen and oxygen atoms in total. The zero-order valence-electron chi connectivity index (χ0n) is 30.2. The van der Waals surface area contributed by atoms with E-state index in [0.717, 1.165) is 67.9 Å². The Labute approximate surface area is 325 Å². The van der Waals surface area contributed by atoms with Crippen LogP contribution in [0.15, 0.2) is 72.6 Å². The number of urea groups is 1. The first-order valence-electron chi connectivity index (χ1n) is 18.8. The maximum Gasteiger partial charge on any atom is 0.329 e. The molecule has 2 bridgehead atoms. The third-order valence-corrected chi connectivity index (χ3v) is 12.4. The number of fused-ring (bicyclic) bond motifs is 4. The molecule has 2 N–H and O–H groups in total. The first-order valence-corrected chi connectivity index (χ1v) is 19.7. The van der Waals surface area contributed by atoms with E-state index in [1.807, 2.05) is 28.8 Å². The number of anilines is 3. The molecule has 0 saturated carbocycles. The molecule has 5 amide bonds. The maximum atomic E-state index is 15.9. The second-order valence-electron chi connectivity index (χ2n) is 15.0. The number of benzene rings is 2. The van der Waals surface area contributed by atoms with Gasteiger partial charge in [-0.2, -0.15) is 0 Å². The van der Waals surface area contributed by atoms with Crippen LogP contribution in [0.1, 0.15) is 58.2 Å². The first-order chi connectivity index (χ1) is 27.3. The van der Waals surface area contributed by atoms with Crippen LogP contribution < -0.4 is 20.4 Å². The topological polar surface area (TPSA) is 149 Å². The van der Waals surface area contributed by atoms with E-state index < -0.39 is 29.7 Å². The lowest BCUT2D eigenvalue weighted by Crippen LogP contribution is -2.49. The summed E-state index contributed by atoms with van der Waals surface area (Å²) < 4.78 is 17.9. The van der Waals surface area contributed by atoms with Crippen molar-refractivity contribution < 1.29 is 23.6 Å². The number of halogens is 1. The Morgan fingerprint density at radius 3 is 2.61 bits per heavy atom. The summed E-state index contributed by atoms with van der Waals surface area (Å²) in [6, 6.07) is 14.4. The molecule has 8 heterocycles. The summed E-state index contributed by atoms with van der Waals surface area (Å²) in [6.07, 6.45) is 8.10. The quantitative estimate of drug-likeness (QED) is 0.217. The number of imide groups is 1. The van der Waals surface area contributed by atoms with E-state index in [-0.39, 0.29) is 30.0 Å². The molecule has 56 heavy (non-hydrogen) atoms. The Hall–Kier alpha value is -6.00. The van der Waals surface area contributed by atoms with Crippen molar-refractivity contribution in [2.24, 2.45) is 0 Å². The normalized spacial score (nSPS) is 20.8. The molecule has 284 valence electrons. The van der Waals surface area contributed by atoms with Gasteiger partial charge >= 0.3 is 6.03 Å². The van der Waals surface area contributed by atoms with Gasteiger partial charge in [0.15, 0.2) is 11.2 Å². The lowest BCUT2D eigenvalue weighted by molar-refractivity contribution is -0.121.